The average Bonchev–Trinajstić information content (AvgIpc) is 3.08. The lowest BCUT2D eigenvalue weighted by molar-refractivity contribution is -0.204. The monoisotopic (exact) mass is 329 g/mol. The molecule has 3 rings (SSSR count). The van der Waals surface area contributed by atoms with Crippen molar-refractivity contribution in [3.8, 4) is 0 Å². The number of amides is 5. The molecule has 2 aliphatic rings. The van der Waals surface area contributed by atoms with Crippen LogP contribution in [0.2, 0.25) is 0 Å². The van der Waals surface area contributed by atoms with Crippen molar-refractivity contribution in [1.82, 2.24) is 10.2 Å². The lowest BCUT2D eigenvalue weighted by Gasteiger charge is -2.23. The third-order valence-corrected chi connectivity index (χ3v) is 3.56. The third kappa shape index (κ3) is 2.46. The molecular weight excluding hydrogens is 318 g/mol. The first-order valence-corrected chi connectivity index (χ1v) is 6.95. The molecule has 0 aromatic heterocycles. The number of imide groups is 2. The summed E-state index contributed by atoms with van der Waals surface area (Å²) in [5.41, 5.74) is 0.0309. The first-order valence-electron chi connectivity index (χ1n) is 6.95. The highest BCUT2D eigenvalue weighted by Crippen LogP contribution is 2.22. The largest absolute Gasteiger partial charge is 0.297 e. The normalized spacial score (nSPS) is 17.2. The second-order valence-corrected chi connectivity index (χ2v) is 5.09. The van der Waals surface area contributed by atoms with Crippen LogP contribution >= 0.6 is 0 Å². The molecule has 0 saturated carbocycles. The SMILES string of the molecule is O=C1C=CC(=O)N1c1cccc(C(=O)N(O)N2C(=O)CCC2=O)c1. The fourth-order valence-electron chi connectivity index (χ4n) is 2.42. The molecule has 0 aliphatic carbocycles. The number of hydrazine groups is 1. The summed E-state index contributed by atoms with van der Waals surface area (Å²) in [6.07, 6.45) is 2.00. The Morgan fingerprint density at radius 1 is 1.00 bits per heavy atom. The molecule has 122 valence electrons. The number of hydrogen-bond acceptors (Lipinski definition) is 6. The van der Waals surface area contributed by atoms with Crippen molar-refractivity contribution >= 4 is 35.2 Å². The van der Waals surface area contributed by atoms with E-state index in [4.69, 9.17) is 0 Å². The summed E-state index contributed by atoms with van der Waals surface area (Å²) in [6, 6.07) is 5.37. The highest BCUT2D eigenvalue weighted by Gasteiger charge is 2.37. The zero-order valence-corrected chi connectivity index (χ0v) is 12.2. The Hall–Kier alpha value is -3.33. The molecule has 1 aromatic rings. The van der Waals surface area contributed by atoms with Gasteiger partial charge >= 0.3 is 0 Å². The van der Waals surface area contributed by atoms with Gasteiger partial charge in [0.1, 0.15) is 0 Å². The maximum atomic E-state index is 12.3. The van der Waals surface area contributed by atoms with Gasteiger partial charge in [0.15, 0.2) is 0 Å². The number of carbonyl (C=O) groups is 5. The van der Waals surface area contributed by atoms with Crippen molar-refractivity contribution in [2.24, 2.45) is 0 Å². The minimum atomic E-state index is -1.03. The van der Waals surface area contributed by atoms with E-state index in [0.717, 1.165) is 17.1 Å². The topological polar surface area (TPSA) is 115 Å². The van der Waals surface area contributed by atoms with Crippen LogP contribution in [0.3, 0.4) is 0 Å². The Kier molecular flexibility index (Phi) is 3.70. The molecule has 5 amide bonds. The maximum Gasteiger partial charge on any atom is 0.297 e. The van der Waals surface area contributed by atoms with Crippen LogP contribution in [0, 0.1) is 0 Å². The standard InChI is InChI=1S/C15H11N3O6/c19-11-4-5-12(20)16(11)10-3-1-2-9(8-10)15(23)18(24)17-13(21)6-7-14(17)22/h1-5,8,24H,6-7H2. The lowest BCUT2D eigenvalue weighted by Crippen LogP contribution is -2.47. The summed E-state index contributed by atoms with van der Waals surface area (Å²) in [6.45, 7) is 0. The zero-order valence-electron chi connectivity index (χ0n) is 12.2. The molecule has 0 atom stereocenters. The van der Waals surface area contributed by atoms with E-state index in [2.05, 4.69) is 0 Å². The minimum absolute atomic E-state index is 0.0529. The second kappa shape index (κ2) is 5.70. The minimum Gasteiger partial charge on any atom is -0.272 e. The molecule has 1 fully saturated rings. The van der Waals surface area contributed by atoms with E-state index < -0.39 is 29.5 Å². The Morgan fingerprint density at radius 3 is 2.17 bits per heavy atom. The van der Waals surface area contributed by atoms with E-state index in [9.17, 15) is 29.2 Å². The molecule has 0 radical (unpaired) electrons. The van der Waals surface area contributed by atoms with Gasteiger partial charge in [-0.1, -0.05) is 6.07 Å². The van der Waals surface area contributed by atoms with E-state index >= 15 is 0 Å². The summed E-state index contributed by atoms with van der Waals surface area (Å²) in [7, 11) is 0. The van der Waals surface area contributed by atoms with Gasteiger partial charge in [0, 0.05) is 30.6 Å². The van der Waals surface area contributed by atoms with Crippen LogP contribution in [0.1, 0.15) is 23.2 Å². The van der Waals surface area contributed by atoms with Crippen LogP contribution in [-0.2, 0) is 19.2 Å². The molecule has 2 heterocycles. The first-order chi connectivity index (χ1) is 11.4. The van der Waals surface area contributed by atoms with Gasteiger partial charge in [-0.2, -0.15) is 5.01 Å². The predicted molar refractivity (Wildman–Crippen MR) is 77.1 cm³/mol. The van der Waals surface area contributed by atoms with Crippen LogP contribution in [0.5, 0.6) is 0 Å². The van der Waals surface area contributed by atoms with Gasteiger partial charge in [0.25, 0.3) is 29.5 Å². The summed E-state index contributed by atoms with van der Waals surface area (Å²) < 4.78 is 0. The fourth-order valence-corrected chi connectivity index (χ4v) is 2.42. The average molecular weight is 329 g/mol. The number of rotatable bonds is 3. The Labute approximate surface area is 135 Å². The molecule has 24 heavy (non-hydrogen) atoms. The van der Waals surface area contributed by atoms with Crippen molar-refractivity contribution in [3.05, 3.63) is 42.0 Å². The number of carbonyl (C=O) groups excluding carboxylic acids is 5. The molecule has 0 unspecified atom stereocenters. The summed E-state index contributed by atoms with van der Waals surface area (Å²) in [4.78, 5) is 59.6. The van der Waals surface area contributed by atoms with E-state index in [-0.39, 0.29) is 29.3 Å². The number of hydroxylamine groups is 1. The molecular formula is C15H11N3O6. The summed E-state index contributed by atoms with van der Waals surface area (Å²) >= 11 is 0. The zero-order chi connectivity index (χ0) is 17.4. The Balaban J connectivity index is 1.87. The van der Waals surface area contributed by atoms with E-state index in [1.807, 2.05) is 0 Å². The molecule has 1 saturated heterocycles. The lowest BCUT2D eigenvalue weighted by atomic mass is 10.1. The van der Waals surface area contributed by atoms with Crippen molar-refractivity contribution in [2.45, 2.75) is 12.8 Å². The molecule has 1 aromatic carbocycles. The number of hydrogen-bond donors (Lipinski definition) is 1. The molecule has 0 spiro atoms. The van der Waals surface area contributed by atoms with Gasteiger partial charge in [-0.3, -0.25) is 29.2 Å². The summed E-state index contributed by atoms with van der Waals surface area (Å²) in [5.74, 6) is -3.54. The Morgan fingerprint density at radius 2 is 1.58 bits per heavy atom. The quantitative estimate of drug-likeness (QED) is 0.474. The van der Waals surface area contributed by atoms with Gasteiger partial charge in [-0.25, -0.2) is 4.90 Å². The first kappa shape index (κ1) is 15.6. The van der Waals surface area contributed by atoms with E-state index in [1.54, 1.807) is 0 Å². The van der Waals surface area contributed by atoms with Crippen molar-refractivity contribution < 1.29 is 29.2 Å². The van der Waals surface area contributed by atoms with Crippen LogP contribution in [0.25, 0.3) is 0 Å². The smallest absolute Gasteiger partial charge is 0.272 e. The molecule has 1 N–H and O–H groups in total. The molecule has 9 heteroatoms. The van der Waals surface area contributed by atoms with E-state index in [1.165, 1.54) is 24.3 Å². The van der Waals surface area contributed by atoms with Crippen LogP contribution in [-0.4, -0.2) is 44.9 Å². The van der Waals surface area contributed by atoms with Gasteiger partial charge in [-0.15, -0.1) is 5.17 Å². The van der Waals surface area contributed by atoms with E-state index in [0.29, 0.717) is 5.01 Å². The molecule has 9 nitrogen and oxygen atoms in total. The van der Waals surface area contributed by atoms with Crippen molar-refractivity contribution in [2.75, 3.05) is 4.90 Å². The van der Waals surface area contributed by atoms with Crippen molar-refractivity contribution in [3.63, 3.8) is 0 Å². The highest BCUT2D eigenvalue weighted by atomic mass is 16.6. The maximum absolute atomic E-state index is 12.3. The Bertz CT molecular complexity index is 781. The van der Waals surface area contributed by atoms with Crippen LogP contribution < -0.4 is 4.90 Å². The van der Waals surface area contributed by atoms with Gasteiger partial charge in [-0.05, 0) is 18.2 Å². The van der Waals surface area contributed by atoms with Crippen LogP contribution in [0.4, 0.5) is 5.69 Å². The van der Waals surface area contributed by atoms with Gasteiger partial charge in [0.2, 0.25) is 0 Å². The number of anilines is 1. The fraction of sp³-hybridized carbons (Fsp3) is 0.133. The third-order valence-electron chi connectivity index (χ3n) is 3.56. The number of benzene rings is 1. The van der Waals surface area contributed by atoms with Gasteiger partial charge < -0.3 is 0 Å². The van der Waals surface area contributed by atoms with Gasteiger partial charge in [0.05, 0.1) is 5.69 Å². The molecule has 0 bridgehead atoms. The second-order valence-electron chi connectivity index (χ2n) is 5.09. The van der Waals surface area contributed by atoms with Crippen LogP contribution in [0.15, 0.2) is 36.4 Å². The summed E-state index contributed by atoms with van der Waals surface area (Å²) in [5, 5.41) is 10.2. The van der Waals surface area contributed by atoms with Crippen molar-refractivity contribution in [1.29, 1.82) is 0 Å². The molecule has 2 aliphatic heterocycles. The highest BCUT2D eigenvalue weighted by molar-refractivity contribution is 6.28. The number of nitrogens with zero attached hydrogens (tertiary/aromatic N) is 3. The predicted octanol–water partition coefficient (Wildman–Crippen LogP) is 0.0114.